The van der Waals surface area contributed by atoms with Crippen LogP contribution >= 0.6 is 31.9 Å². The molecule has 9 heteroatoms. The van der Waals surface area contributed by atoms with Gasteiger partial charge in [0.25, 0.3) is 0 Å². The Balaban J connectivity index is 2.54. The minimum Gasteiger partial charge on any atom is -0.211 e. The fourth-order valence-electron chi connectivity index (χ4n) is 1.43. The van der Waals surface area contributed by atoms with Crippen LogP contribution in [0.15, 0.2) is 32.0 Å². The Hall–Kier alpha value is -0.120. The van der Waals surface area contributed by atoms with Gasteiger partial charge in [0.2, 0.25) is 10.0 Å². The van der Waals surface area contributed by atoms with E-state index in [2.05, 4.69) is 36.6 Å². The number of hydrogen-bond acceptors (Lipinski definition) is 2. The monoisotopic (exact) mass is 437 g/mol. The van der Waals surface area contributed by atoms with Gasteiger partial charge in [-0.1, -0.05) is 15.9 Å². The molecule has 0 aliphatic carbocycles. The average Bonchev–Trinajstić information content (AvgIpc) is 2.26. The zero-order chi connectivity index (χ0) is 15.4. The van der Waals surface area contributed by atoms with Crippen LogP contribution in [0.5, 0.6) is 0 Å². The molecule has 0 aromatic heterocycles. The summed E-state index contributed by atoms with van der Waals surface area (Å²) in [6.45, 7) is -0.0269. The number of alkyl halides is 3. The van der Waals surface area contributed by atoms with Crippen molar-refractivity contribution in [1.82, 2.24) is 4.72 Å². The molecule has 114 valence electrons. The lowest BCUT2D eigenvalue weighted by Crippen LogP contribution is -2.25. The van der Waals surface area contributed by atoms with Crippen LogP contribution in [0.1, 0.15) is 19.3 Å². The van der Waals surface area contributed by atoms with E-state index in [0.29, 0.717) is 8.95 Å². The lowest BCUT2D eigenvalue weighted by atomic mass is 10.2. The molecule has 20 heavy (non-hydrogen) atoms. The van der Waals surface area contributed by atoms with Gasteiger partial charge in [-0.15, -0.1) is 0 Å². The van der Waals surface area contributed by atoms with Crippen molar-refractivity contribution < 1.29 is 21.6 Å². The summed E-state index contributed by atoms with van der Waals surface area (Å²) in [6, 6.07) is 4.56. The Labute approximate surface area is 132 Å². The highest BCUT2D eigenvalue weighted by molar-refractivity contribution is 9.11. The molecular weight excluding hydrogens is 427 g/mol. The number of hydrogen-bond donors (Lipinski definition) is 1. The Kier molecular flexibility index (Phi) is 6.49. The largest absolute Gasteiger partial charge is 0.389 e. The van der Waals surface area contributed by atoms with Gasteiger partial charge in [-0.3, -0.25) is 0 Å². The third-order valence-electron chi connectivity index (χ3n) is 2.36. The first kappa shape index (κ1) is 17.9. The van der Waals surface area contributed by atoms with Gasteiger partial charge in [-0.05, 0) is 47.0 Å². The maximum absolute atomic E-state index is 11.9. The smallest absolute Gasteiger partial charge is 0.211 e. The van der Waals surface area contributed by atoms with Crippen LogP contribution in [0.4, 0.5) is 13.2 Å². The van der Waals surface area contributed by atoms with Gasteiger partial charge in [-0.2, -0.15) is 13.2 Å². The number of benzene rings is 1. The molecule has 0 fully saturated rings. The van der Waals surface area contributed by atoms with Crippen LogP contribution in [0, 0.1) is 0 Å². The molecule has 0 aliphatic heterocycles. The molecule has 0 saturated heterocycles. The highest BCUT2D eigenvalue weighted by atomic mass is 79.9. The van der Waals surface area contributed by atoms with Crippen molar-refractivity contribution in [2.75, 3.05) is 6.54 Å². The molecule has 0 bridgehead atoms. The fraction of sp³-hybridized carbons (Fsp3) is 0.455. The predicted octanol–water partition coefficient (Wildman–Crippen LogP) is 4.22. The van der Waals surface area contributed by atoms with Crippen molar-refractivity contribution in [2.24, 2.45) is 0 Å². The van der Waals surface area contributed by atoms with Gasteiger partial charge in [0.15, 0.2) is 0 Å². The summed E-state index contributed by atoms with van der Waals surface area (Å²) in [7, 11) is -3.72. The molecule has 0 aliphatic rings. The molecule has 1 aromatic rings. The Bertz CT molecular complexity index is 561. The summed E-state index contributed by atoms with van der Waals surface area (Å²) < 4.78 is 63.0. The highest BCUT2D eigenvalue weighted by Crippen LogP contribution is 2.26. The second-order valence-corrected chi connectivity index (χ2v) is 7.55. The number of sulfonamides is 1. The van der Waals surface area contributed by atoms with Crippen LogP contribution in [-0.2, 0) is 10.0 Å². The Morgan fingerprint density at radius 3 is 2.35 bits per heavy atom. The second-order valence-electron chi connectivity index (χ2n) is 4.04. The minimum atomic E-state index is -4.20. The number of halogens is 5. The summed E-state index contributed by atoms with van der Waals surface area (Å²) >= 11 is 6.34. The number of rotatable bonds is 6. The molecule has 0 spiro atoms. The van der Waals surface area contributed by atoms with E-state index >= 15 is 0 Å². The van der Waals surface area contributed by atoms with E-state index in [9.17, 15) is 21.6 Å². The Morgan fingerprint density at radius 2 is 1.80 bits per heavy atom. The third kappa shape index (κ3) is 6.11. The zero-order valence-electron chi connectivity index (χ0n) is 10.2. The van der Waals surface area contributed by atoms with E-state index < -0.39 is 22.6 Å². The molecule has 0 amide bonds. The van der Waals surface area contributed by atoms with Crippen molar-refractivity contribution in [3.63, 3.8) is 0 Å². The molecular formula is C11H12Br2F3NO2S. The maximum Gasteiger partial charge on any atom is 0.389 e. The van der Waals surface area contributed by atoms with Gasteiger partial charge in [0.1, 0.15) is 0 Å². The van der Waals surface area contributed by atoms with E-state index in [1.54, 1.807) is 12.1 Å². The molecule has 0 heterocycles. The van der Waals surface area contributed by atoms with Crippen molar-refractivity contribution >= 4 is 41.9 Å². The summed E-state index contributed by atoms with van der Waals surface area (Å²) in [6.07, 6.45) is -5.08. The van der Waals surface area contributed by atoms with Gasteiger partial charge in [-0.25, -0.2) is 13.1 Å². The van der Waals surface area contributed by atoms with Gasteiger partial charge in [0, 0.05) is 21.9 Å². The summed E-state index contributed by atoms with van der Waals surface area (Å²) in [5, 5.41) is 0. The molecule has 0 saturated carbocycles. The van der Waals surface area contributed by atoms with Gasteiger partial charge < -0.3 is 0 Å². The first-order chi connectivity index (χ1) is 9.12. The van der Waals surface area contributed by atoms with Crippen molar-refractivity contribution in [3.05, 3.63) is 27.1 Å². The third-order valence-corrected chi connectivity index (χ3v) is 5.29. The van der Waals surface area contributed by atoms with Crippen LogP contribution in [-0.4, -0.2) is 21.1 Å². The van der Waals surface area contributed by atoms with Crippen molar-refractivity contribution in [2.45, 2.75) is 30.3 Å². The molecule has 0 radical (unpaired) electrons. The zero-order valence-corrected chi connectivity index (χ0v) is 14.2. The lowest BCUT2D eigenvalue weighted by molar-refractivity contribution is -0.135. The normalized spacial score (nSPS) is 12.7. The Morgan fingerprint density at radius 1 is 1.15 bits per heavy atom. The first-order valence-corrected chi connectivity index (χ1v) is 8.70. The van der Waals surface area contributed by atoms with Crippen molar-refractivity contribution in [3.8, 4) is 0 Å². The molecule has 1 aromatic carbocycles. The highest BCUT2D eigenvalue weighted by Gasteiger charge is 2.26. The van der Waals surface area contributed by atoms with Gasteiger partial charge >= 0.3 is 6.18 Å². The molecule has 3 nitrogen and oxygen atoms in total. The van der Waals surface area contributed by atoms with E-state index in [1.165, 1.54) is 6.07 Å². The van der Waals surface area contributed by atoms with Crippen LogP contribution in [0.2, 0.25) is 0 Å². The quantitative estimate of drug-likeness (QED) is 0.675. The second kappa shape index (κ2) is 7.24. The summed E-state index contributed by atoms with van der Waals surface area (Å²) in [5.74, 6) is 0. The molecule has 0 atom stereocenters. The molecule has 1 N–H and O–H groups in total. The topological polar surface area (TPSA) is 46.2 Å². The van der Waals surface area contributed by atoms with Crippen molar-refractivity contribution in [1.29, 1.82) is 0 Å². The van der Waals surface area contributed by atoms with E-state index in [0.717, 1.165) is 0 Å². The minimum absolute atomic E-state index is 0.0269. The summed E-state index contributed by atoms with van der Waals surface area (Å²) in [5.41, 5.74) is 0. The number of unbranched alkanes of at least 4 members (excludes halogenated alkanes) is 1. The fourth-order valence-corrected chi connectivity index (χ4v) is 4.25. The maximum atomic E-state index is 11.9. The number of nitrogens with one attached hydrogen (secondary N) is 1. The molecule has 1 rings (SSSR count). The molecule has 0 unspecified atom stereocenters. The van der Waals surface area contributed by atoms with E-state index in [-0.39, 0.29) is 24.3 Å². The van der Waals surface area contributed by atoms with E-state index in [4.69, 9.17) is 0 Å². The predicted molar refractivity (Wildman–Crippen MR) is 76.9 cm³/mol. The van der Waals surface area contributed by atoms with Gasteiger partial charge in [0.05, 0.1) is 4.90 Å². The average molecular weight is 439 g/mol. The van der Waals surface area contributed by atoms with Crippen LogP contribution in [0.3, 0.4) is 0 Å². The van der Waals surface area contributed by atoms with Crippen LogP contribution in [0.25, 0.3) is 0 Å². The standard InChI is InChI=1S/C11H12Br2F3NO2S/c12-8-3-4-10(9(13)7-8)20(18,19)17-6-2-1-5-11(14,15)16/h3-4,7,17H,1-2,5-6H2. The first-order valence-electron chi connectivity index (χ1n) is 5.63. The summed E-state index contributed by atoms with van der Waals surface area (Å²) in [4.78, 5) is 0.0523. The lowest BCUT2D eigenvalue weighted by Gasteiger charge is -2.09. The SMILES string of the molecule is O=S(=O)(NCCCCC(F)(F)F)c1ccc(Br)cc1Br. The van der Waals surface area contributed by atoms with Crippen LogP contribution < -0.4 is 4.72 Å². The van der Waals surface area contributed by atoms with E-state index in [1.807, 2.05) is 0 Å².